The molecule has 0 aliphatic carbocycles. The molecular formula is C11H24ClN. The van der Waals surface area contributed by atoms with E-state index in [-0.39, 0.29) is 12.4 Å². The normalized spacial score (nSPS) is 10.8. The number of hydrogen-bond donors (Lipinski definition) is 1. The highest BCUT2D eigenvalue weighted by Gasteiger charge is 1.87. The van der Waals surface area contributed by atoms with Crippen molar-refractivity contribution in [3.63, 3.8) is 0 Å². The Hall–Kier alpha value is -0.0100. The predicted molar refractivity (Wildman–Crippen MR) is 55.6 cm³/mol. The summed E-state index contributed by atoms with van der Waals surface area (Å²) in [6.07, 6.45) is 11.2. The first-order valence-corrected chi connectivity index (χ1v) is 5.21. The summed E-state index contributed by atoms with van der Waals surface area (Å²) in [6.45, 7) is 3.50. The molecule has 80 valence electrons. The largest absolute Gasteiger partial charge is 1.00 e. The zero-order chi connectivity index (χ0) is 9.23. The Morgan fingerprint density at radius 1 is 1.00 bits per heavy atom. The lowest BCUT2D eigenvalue weighted by molar-refractivity contribution is -0.857. The lowest BCUT2D eigenvalue weighted by Gasteiger charge is -2.02. The fraction of sp³-hybridized carbons (Fsp3) is 0.818. The van der Waals surface area contributed by atoms with Crippen LogP contribution in [0.5, 0.6) is 0 Å². The summed E-state index contributed by atoms with van der Waals surface area (Å²) in [7, 11) is 4.40. The van der Waals surface area contributed by atoms with Gasteiger partial charge in [0.05, 0.1) is 20.6 Å². The molecule has 0 aromatic rings. The second kappa shape index (κ2) is 12.0. The molecule has 1 nitrogen and oxygen atoms in total. The maximum atomic E-state index is 2.33. The van der Waals surface area contributed by atoms with Crippen LogP contribution >= 0.6 is 0 Å². The molecule has 0 aliphatic heterocycles. The van der Waals surface area contributed by atoms with Crippen molar-refractivity contribution < 1.29 is 17.3 Å². The van der Waals surface area contributed by atoms with Crippen LogP contribution in [0.3, 0.4) is 0 Å². The molecule has 0 aliphatic rings. The van der Waals surface area contributed by atoms with Crippen molar-refractivity contribution in [2.75, 3.05) is 20.6 Å². The third-order valence-electron chi connectivity index (χ3n) is 1.95. The standard InChI is InChI=1S/C11H23N.ClH/c1-4-5-6-7-8-9-10-11-12(2)3;/h8-9H,4-7,10-11H2,1-3H3;1H/b9-8+;. The molecule has 2 heteroatoms. The van der Waals surface area contributed by atoms with Crippen molar-refractivity contribution >= 4 is 0 Å². The molecule has 0 atom stereocenters. The van der Waals surface area contributed by atoms with Crippen molar-refractivity contribution in [3.8, 4) is 0 Å². The van der Waals surface area contributed by atoms with Crippen LogP contribution in [0.15, 0.2) is 12.2 Å². The van der Waals surface area contributed by atoms with Gasteiger partial charge in [-0.15, -0.1) is 0 Å². The third-order valence-corrected chi connectivity index (χ3v) is 1.95. The van der Waals surface area contributed by atoms with Crippen LogP contribution in [0.25, 0.3) is 0 Å². The minimum atomic E-state index is 0. The summed E-state index contributed by atoms with van der Waals surface area (Å²) in [5.74, 6) is 0. The Morgan fingerprint density at radius 3 is 2.15 bits per heavy atom. The minimum Gasteiger partial charge on any atom is -1.00 e. The van der Waals surface area contributed by atoms with Crippen LogP contribution in [0.1, 0.15) is 39.0 Å². The van der Waals surface area contributed by atoms with E-state index < -0.39 is 0 Å². The van der Waals surface area contributed by atoms with Gasteiger partial charge in [-0.2, -0.15) is 0 Å². The van der Waals surface area contributed by atoms with Gasteiger partial charge in [-0.3, -0.25) is 0 Å². The average molecular weight is 206 g/mol. The van der Waals surface area contributed by atoms with Gasteiger partial charge in [-0.05, 0) is 12.8 Å². The molecule has 0 spiro atoms. The maximum Gasteiger partial charge on any atom is 0.0801 e. The smallest absolute Gasteiger partial charge is 0.0801 e. The lowest BCUT2D eigenvalue weighted by Crippen LogP contribution is -3.05. The summed E-state index contributed by atoms with van der Waals surface area (Å²) < 4.78 is 0. The van der Waals surface area contributed by atoms with Crippen LogP contribution in [-0.4, -0.2) is 20.6 Å². The molecule has 13 heavy (non-hydrogen) atoms. The molecule has 0 rings (SSSR count). The van der Waals surface area contributed by atoms with Crippen molar-refractivity contribution in [2.24, 2.45) is 0 Å². The molecule has 0 saturated heterocycles. The molecule has 0 heterocycles. The van der Waals surface area contributed by atoms with Gasteiger partial charge in [0.1, 0.15) is 0 Å². The van der Waals surface area contributed by atoms with Gasteiger partial charge in [0, 0.05) is 6.42 Å². The zero-order valence-corrected chi connectivity index (χ0v) is 10.0. The van der Waals surface area contributed by atoms with Gasteiger partial charge >= 0.3 is 0 Å². The van der Waals surface area contributed by atoms with E-state index in [4.69, 9.17) is 0 Å². The number of allylic oxidation sites excluding steroid dienone is 1. The molecule has 0 radical (unpaired) electrons. The van der Waals surface area contributed by atoms with E-state index in [1.165, 1.54) is 43.5 Å². The molecule has 0 amide bonds. The summed E-state index contributed by atoms with van der Waals surface area (Å²) in [6, 6.07) is 0. The molecule has 0 bridgehead atoms. The van der Waals surface area contributed by atoms with E-state index in [1.807, 2.05) is 0 Å². The highest BCUT2D eigenvalue weighted by Crippen LogP contribution is 1.99. The molecule has 0 fully saturated rings. The van der Waals surface area contributed by atoms with E-state index in [1.54, 1.807) is 0 Å². The van der Waals surface area contributed by atoms with E-state index in [0.717, 1.165) is 0 Å². The number of rotatable bonds is 7. The lowest BCUT2D eigenvalue weighted by atomic mass is 10.2. The highest BCUT2D eigenvalue weighted by molar-refractivity contribution is 4.80. The van der Waals surface area contributed by atoms with Gasteiger partial charge in [-0.1, -0.05) is 31.9 Å². The first-order chi connectivity index (χ1) is 5.77. The minimum absolute atomic E-state index is 0. The second-order valence-corrected chi connectivity index (χ2v) is 3.71. The van der Waals surface area contributed by atoms with E-state index in [0.29, 0.717) is 0 Å². The number of halogens is 1. The average Bonchev–Trinajstić information content (AvgIpc) is 2.02. The van der Waals surface area contributed by atoms with Crippen molar-refractivity contribution in [1.82, 2.24) is 0 Å². The zero-order valence-electron chi connectivity index (χ0n) is 9.28. The van der Waals surface area contributed by atoms with E-state index in [2.05, 4.69) is 33.2 Å². The van der Waals surface area contributed by atoms with E-state index >= 15 is 0 Å². The number of unbranched alkanes of at least 4 members (excludes halogenated alkanes) is 3. The Kier molecular flexibility index (Phi) is 14.3. The summed E-state index contributed by atoms with van der Waals surface area (Å²) in [4.78, 5) is 1.54. The second-order valence-electron chi connectivity index (χ2n) is 3.71. The Labute approximate surface area is 89.6 Å². The molecular weight excluding hydrogens is 182 g/mol. The van der Waals surface area contributed by atoms with Crippen LogP contribution in [0.4, 0.5) is 0 Å². The fourth-order valence-electron chi connectivity index (χ4n) is 1.12. The monoisotopic (exact) mass is 205 g/mol. The van der Waals surface area contributed by atoms with Gasteiger partial charge in [0.15, 0.2) is 0 Å². The van der Waals surface area contributed by atoms with Gasteiger partial charge in [0.25, 0.3) is 0 Å². The molecule has 0 aromatic heterocycles. The summed E-state index contributed by atoms with van der Waals surface area (Å²) >= 11 is 0. The highest BCUT2D eigenvalue weighted by atomic mass is 35.5. The molecule has 0 unspecified atom stereocenters. The first kappa shape index (κ1) is 15.5. The Bertz CT molecular complexity index is 111. The van der Waals surface area contributed by atoms with Crippen LogP contribution in [-0.2, 0) is 0 Å². The Morgan fingerprint density at radius 2 is 1.62 bits per heavy atom. The Balaban J connectivity index is 0. The van der Waals surface area contributed by atoms with E-state index in [9.17, 15) is 0 Å². The quantitative estimate of drug-likeness (QED) is 0.388. The SMILES string of the molecule is CCCCC/C=C/CC[NH+](C)C.[Cl-]. The first-order valence-electron chi connectivity index (χ1n) is 5.21. The van der Waals surface area contributed by atoms with Crippen LogP contribution in [0, 0.1) is 0 Å². The molecule has 0 aromatic carbocycles. The molecule has 1 N–H and O–H groups in total. The van der Waals surface area contributed by atoms with Crippen LogP contribution in [0.2, 0.25) is 0 Å². The topological polar surface area (TPSA) is 4.44 Å². The maximum absolute atomic E-state index is 2.33. The van der Waals surface area contributed by atoms with Gasteiger partial charge in [0.2, 0.25) is 0 Å². The third kappa shape index (κ3) is 14.8. The number of quaternary nitrogens is 1. The van der Waals surface area contributed by atoms with Crippen LogP contribution < -0.4 is 17.3 Å². The predicted octanol–water partition coefficient (Wildman–Crippen LogP) is -1.34. The van der Waals surface area contributed by atoms with Crippen molar-refractivity contribution in [1.29, 1.82) is 0 Å². The fourth-order valence-corrected chi connectivity index (χ4v) is 1.12. The number of nitrogens with one attached hydrogen (secondary N) is 1. The number of hydrogen-bond acceptors (Lipinski definition) is 0. The summed E-state index contributed by atoms with van der Waals surface area (Å²) in [5.41, 5.74) is 0. The summed E-state index contributed by atoms with van der Waals surface area (Å²) in [5, 5.41) is 0. The van der Waals surface area contributed by atoms with Gasteiger partial charge < -0.3 is 17.3 Å². The van der Waals surface area contributed by atoms with Crippen molar-refractivity contribution in [2.45, 2.75) is 39.0 Å². The van der Waals surface area contributed by atoms with Crippen molar-refractivity contribution in [3.05, 3.63) is 12.2 Å². The molecule has 0 saturated carbocycles. The van der Waals surface area contributed by atoms with Gasteiger partial charge in [-0.25, -0.2) is 0 Å².